The standard InChI is InChI=1S/C31H32N6O4S/c1-23-18-29(37(2)35-23)31(40)34-27-9-6-8-24(20-27)12-13-25-19-26(22-33-21-25)30(39)36-42(41,17-7-14-32-15-16-38)28-10-4-3-5-11-28/h3-6,8-11,18-22,32,38H,7,14-17H2,1-2H3,(H,34,40)/t42-/m0/s1. The highest BCUT2D eigenvalue weighted by Crippen LogP contribution is 2.17. The number of hydrogen-bond acceptors (Lipinski definition) is 7. The van der Waals surface area contributed by atoms with E-state index in [9.17, 15) is 13.8 Å². The summed E-state index contributed by atoms with van der Waals surface area (Å²) in [6.45, 7) is 2.80. The molecule has 3 N–H and O–H groups in total. The summed E-state index contributed by atoms with van der Waals surface area (Å²) in [6.07, 6.45) is 3.41. The van der Waals surface area contributed by atoms with Crippen LogP contribution in [0.3, 0.4) is 0 Å². The second-order valence-electron chi connectivity index (χ2n) is 9.42. The predicted molar refractivity (Wildman–Crippen MR) is 162 cm³/mol. The van der Waals surface area contributed by atoms with Gasteiger partial charge in [0.25, 0.3) is 11.8 Å². The Hall–Kier alpha value is -4.63. The van der Waals surface area contributed by atoms with Crippen molar-refractivity contribution < 1.29 is 18.9 Å². The molecule has 0 aliphatic rings. The number of nitrogens with zero attached hydrogens (tertiary/aromatic N) is 4. The van der Waals surface area contributed by atoms with Gasteiger partial charge in [-0.05, 0) is 62.4 Å². The topological polar surface area (TPSA) is 139 Å². The van der Waals surface area contributed by atoms with Crippen molar-refractivity contribution >= 4 is 27.2 Å². The van der Waals surface area contributed by atoms with Crippen LogP contribution in [0.25, 0.3) is 0 Å². The molecule has 4 rings (SSSR count). The van der Waals surface area contributed by atoms with Gasteiger partial charge in [-0.1, -0.05) is 36.1 Å². The minimum absolute atomic E-state index is 0.0109. The lowest BCUT2D eigenvalue weighted by Crippen LogP contribution is -2.22. The number of carbonyl (C=O) groups is 2. The molecule has 2 heterocycles. The van der Waals surface area contributed by atoms with Gasteiger partial charge in [0.1, 0.15) is 5.69 Å². The highest BCUT2D eigenvalue weighted by molar-refractivity contribution is 7.94. The molecule has 0 aliphatic carbocycles. The van der Waals surface area contributed by atoms with Gasteiger partial charge in [-0.3, -0.25) is 19.3 Å². The molecule has 2 amide bonds. The lowest BCUT2D eigenvalue weighted by atomic mass is 10.1. The maximum atomic E-state index is 13.9. The Balaban J connectivity index is 1.52. The molecule has 0 saturated heterocycles. The van der Waals surface area contributed by atoms with Crippen molar-refractivity contribution in [1.82, 2.24) is 20.1 Å². The Morgan fingerprint density at radius 1 is 1.00 bits per heavy atom. The van der Waals surface area contributed by atoms with Gasteiger partial charge < -0.3 is 15.7 Å². The zero-order valence-electron chi connectivity index (χ0n) is 23.4. The number of aryl methyl sites for hydroxylation is 2. The number of nitrogens with one attached hydrogen (secondary N) is 2. The maximum absolute atomic E-state index is 13.9. The first-order valence-electron chi connectivity index (χ1n) is 13.3. The second-order valence-corrected chi connectivity index (χ2v) is 11.8. The molecule has 1 atom stereocenters. The number of aliphatic hydroxyl groups is 1. The summed E-state index contributed by atoms with van der Waals surface area (Å²) in [5.74, 6) is 5.29. The van der Waals surface area contributed by atoms with Crippen molar-refractivity contribution in [3.05, 3.63) is 107 Å². The van der Waals surface area contributed by atoms with Crippen LogP contribution in [0, 0.1) is 18.8 Å². The van der Waals surface area contributed by atoms with Gasteiger partial charge in [-0.15, -0.1) is 0 Å². The third kappa shape index (κ3) is 8.20. The molecule has 0 radical (unpaired) electrons. The van der Waals surface area contributed by atoms with Crippen LogP contribution in [0.1, 0.15) is 44.1 Å². The van der Waals surface area contributed by atoms with E-state index in [2.05, 4.69) is 36.9 Å². The Kier molecular flexibility index (Phi) is 10.3. The normalized spacial score (nSPS) is 12.1. The van der Waals surface area contributed by atoms with Crippen LogP contribution in [0.2, 0.25) is 0 Å². The van der Waals surface area contributed by atoms with E-state index in [1.807, 2.05) is 13.0 Å². The van der Waals surface area contributed by atoms with Crippen LogP contribution < -0.4 is 10.6 Å². The Morgan fingerprint density at radius 3 is 2.52 bits per heavy atom. The van der Waals surface area contributed by atoms with Crippen LogP contribution in [-0.4, -0.2) is 61.3 Å². The lowest BCUT2D eigenvalue weighted by molar-refractivity contribution is 0.0999. The van der Waals surface area contributed by atoms with Crippen LogP contribution >= 0.6 is 0 Å². The monoisotopic (exact) mass is 584 g/mol. The molecule has 2 aromatic heterocycles. The molecular weight excluding hydrogens is 552 g/mol. The van der Waals surface area contributed by atoms with E-state index >= 15 is 0 Å². The molecule has 10 nitrogen and oxygen atoms in total. The molecule has 0 spiro atoms. The summed E-state index contributed by atoms with van der Waals surface area (Å²) in [7, 11) is -1.33. The summed E-state index contributed by atoms with van der Waals surface area (Å²) in [6, 6.07) is 19.1. The van der Waals surface area contributed by atoms with Crippen LogP contribution in [0.5, 0.6) is 0 Å². The summed E-state index contributed by atoms with van der Waals surface area (Å²) in [4.78, 5) is 30.4. The Morgan fingerprint density at radius 2 is 1.79 bits per heavy atom. The fourth-order valence-corrected chi connectivity index (χ4v) is 6.02. The number of aromatic nitrogens is 3. The maximum Gasteiger partial charge on any atom is 0.286 e. The lowest BCUT2D eigenvalue weighted by Gasteiger charge is -2.10. The summed E-state index contributed by atoms with van der Waals surface area (Å²) in [5, 5.41) is 19.1. The van der Waals surface area contributed by atoms with E-state index in [1.54, 1.807) is 67.7 Å². The molecular formula is C31H32N6O4S. The molecule has 0 aliphatic heterocycles. The molecule has 0 fully saturated rings. The SMILES string of the molecule is Cc1cc(C(=O)Nc2cccc(C#Cc3cncc(C(=O)N=[S@](=O)(CCCNCCO)c4ccccc4)c3)c2)n(C)n1. The van der Waals surface area contributed by atoms with E-state index in [-0.39, 0.29) is 23.8 Å². The third-order valence-electron chi connectivity index (χ3n) is 6.10. The van der Waals surface area contributed by atoms with Gasteiger partial charge in [0.2, 0.25) is 0 Å². The smallest absolute Gasteiger partial charge is 0.286 e. The Bertz CT molecular complexity index is 1750. The molecule has 216 valence electrons. The first-order chi connectivity index (χ1) is 20.3. The van der Waals surface area contributed by atoms with Crippen LogP contribution in [0.15, 0.2) is 88.4 Å². The van der Waals surface area contributed by atoms with Crippen molar-refractivity contribution in [1.29, 1.82) is 0 Å². The molecule has 42 heavy (non-hydrogen) atoms. The third-order valence-corrected chi connectivity index (χ3v) is 8.41. The molecule has 0 unspecified atom stereocenters. The number of amides is 2. The number of anilines is 1. The van der Waals surface area contributed by atoms with Gasteiger partial charge in [0, 0.05) is 53.4 Å². The van der Waals surface area contributed by atoms with Gasteiger partial charge in [0.15, 0.2) is 0 Å². The van der Waals surface area contributed by atoms with Crippen molar-refractivity contribution in [2.24, 2.45) is 11.4 Å². The van der Waals surface area contributed by atoms with Crippen molar-refractivity contribution in [2.45, 2.75) is 18.2 Å². The fourth-order valence-electron chi connectivity index (χ4n) is 4.10. The first-order valence-corrected chi connectivity index (χ1v) is 15.0. The highest BCUT2D eigenvalue weighted by atomic mass is 32.2. The number of rotatable bonds is 10. The fraction of sp³-hybridized carbons (Fsp3) is 0.226. The molecule has 0 saturated carbocycles. The second kappa shape index (κ2) is 14.3. The minimum atomic E-state index is -3.04. The summed E-state index contributed by atoms with van der Waals surface area (Å²) >= 11 is 0. The molecule has 0 bridgehead atoms. The van der Waals surface area contributed by atoms with Crippen molar-refractivity contribution in [3.63, 3.8) is 0 Å². The van der Waals surface area contributed by atoms with E-state index in [1.165, 1.54) is 17.1 Å². The van der Waals surface area contributed by atoms with Crippen LogP contribution in [-0.2, 0) is 16.8 Å². The molecule has 4 aromatic rings. The van der Waals surface area contributed by atoms with E-state index in [4.69, 9.17) is 5.11 Å². The number of benzene rings is 2. The van der Waals surface area contributed by atoms with Gasteiger partial charge in [-0.25, -0.2) is 4.21 Å². The molecule has 2 aromatic carbocycles. The first kappa shape index (κ1) is 30.3. The van der Waals surface area contributed by atoms with Crippen LogP contribution in [0.4, 0.5) is 5.69 Å². The summed E-state index contributed by atoms with van der Waals surface area (Å²) < 4.78 is 19.6. The number of pyridine rings is 1. The average molecular weight is 585 g/mol. The number of hydrogen-bond donors (Lipinski definition) is 3. The largest absolute Gasteiger partial charge is 0.395 e. The quantitative estimate of drug-likeness (QED) is 0.192. The summed E-state index contributed by atoms with van der Waals surface area (Å²) in [5.41, 5.74) is 3.08. The van der Waals surface area contributed by atoms with Gasteiger partial charge in [-0.2, -0.15) is 9.46 Å². The van der Waals surface area contributed by atoms with Gasteiger partial charge in [0.05, 0.1) is 27.6 Å². The van der Waals surface area contributed by atoms with Crippen molar-refractivity contribution in [2.75, 3.05) is 30.8 Å². The Labute approximate surface area is 245 Å². The average Bonchev–Trinajstić information content (AvgIpc) is 3.34. The molecule has 11 heteroatoms. The van der Waals surface area contributed by atoms with Gasteiger partial charge >= 0.3 is 0 Å². The predicted octanol–water partition coefficient (Wildman–Crippen LogP) is 3.41. The van der Waals surface area contributed by atoms with Crippen molar-refractivity contribution in [3.8, 4) is 11.8 Å². The van der Waals surface area contributed by atoms with E-state index < -0.39 is 15.6 Å². The number of aliphatic hydroxyl groups excluding tert-OH is 1. The minimum Gasteiger partial charge on any atom is -0.395 e. The van der Waals surface area contributed by atoms with E-state index in [0.29, 0.717) is 46.9 Å². The number of carbonyl (C=O) groups excluding carboxylic acids is 2. The zero-order valence-corrected chi connectivity index (χ0v) is 24.2. The zero-order chi connectivity index (χ0) is 30.0. The van der Waals surface area contributed by atoms with E-state index in [0.717, 1.165) is 5.69 Å². The highest BCUT2D eigenvalue weighted by Gasteiger charge is 2.17.